The topological polar surface area (TPSA) is 118 Å². The molecule has 56 heavy (non-hydrogen) atoms. The van der Waals surface area contributed by atoms with E-state index in [1.54, 1.807) is 7.11 Å². The summed E-state index contributed by atoms with van der Waals surface area (Å²) in [6.45, 7) is 15.5. The molecule has 11 heteroatoms. The highest BCUT2D eigenvalue weighted by Gasteiger charge is 2.42. The number of hydrogen-bond donors (Lipinski definition) is 2. The molecule has 1 amide bonds. The maximum Gasteiger partial charge on any atom is 0.323 e. The fourth-order valence-electron chi connectivity index (χ4n) is 8.89. The third-order valence-corrected chi connectivity index (χ3v) is 12.6. The van der Waals surface area contributed by atoms with Crippen molar-refractivity contribution in [3.05, 3.63) is 59.4 Å². The summed E-state index contributed by atoms with van der Waals surface area (Å²) in [5, 5.41) is 7.59. The number of anilines is 1. The molecular weight excluding hydrogens is 705 g/mol. The normalized spacial score (nSPS) is 27.3. The standard InChI is InChI=1S/C45H62N6O5/c1-8-51-39-17-16-30-12-9-10-13-37(48-43(53)32-22-28(32)2)42(52)36-14-11-15-38(47-36)44(54)56-27-45(4,5)25-35(33(39)23-30)41(51)34-24-31(26-46-40(34)29(3)55-7)50-20-18-49(6)19-21-50/h9-10,16-17,23-24,26,28-29,32,36-38,47H,8,11-15,18-22,25,27H2,1-7H3,(H,48,53)/b10-9-/t28-,29-,32-,36?,37-,38-/m0/s1. The van der Waals surface area contributed by atoms with Gasteiger partial charge in [0.25, 0.3) is 0 Å². The van der Waals surface area contributed by atoms with Crippen molar-refractivity contribution >= 4 is 34.3 Å². The first-order valence-electron chi connectivity index (χ1n) is 20.9. The van der Waals surface area contributed by atoms with E-state index in [1.807, 2.05) is 12.3 Å². The number of likely N-dealkylation sites (N-methyl/N-ethyl adjacent to an activating group) is 1. The Morgan fingerprint density at radius 3 is 2.57 bits per heavy atom. The number of benzene rings is 1. The van der Waals surface area contributed by atoms with Gasteiger partial charge in [-0.25, -0.2) is 0 Å². The lowest BCUT2D eigenvalue weighted by Gasteiger charge is -2.34. The Bertz CT molecular complexity index is 1960. The number of amides is 1. The van der Waals surface area contributed by atoms with Crippen molar-refractivity contribution in [2.75, 3.05) is 51.8 Å². The number of aryl methyl sites for hydroxylation is 1. The van der Waals surface area contributed by atoms with Crippen molar-refractivity contribution in [2.24, 2.45) is 17.3 Å². The molecule has 3 fully saturated rings. The third-order valence-electron chi connectivity index (χ3n) is 12.6. The molecule has 4 aliphatic rings. The number of hydrogen-bond acceptors (Lipinski definition) is 9. The molecule has 7 rings (SSSR count). The summed E-state index contributed by atoms with van der Waals surface area (Å²) < 4.78 is 14.5. The summed E-state index contributed by atoms with van der Waals surface area (Å²) in [6, 6.07) is 7.28. The second-order valence-electron chi connectivity index (χ2n) is 17.6. The number of rotatable bonds is 7. The van der Waals surface area contributed by atoms with Gasteiger partial charge in [0.05, 0.1) is 48.1 Å². The van der Waals surface area contributed by atoms with Crippen molar-refractivity contribution in [3.63, 3.8) is 0 Å². The average molecular weight is 767 g/mol. The summed E-state index contributed by atoms with van der Waals surface area (Å²) in [7, 11) is 3.91. The fourth-order valence-corrected chi connectivity index (χ4v) is 8.89. The number of esters is 1. The van der Waals surface area contributed by atoms with Crippen molar-refractivity contribution in [1.82, 2.24) is 25.1 Å². The van der Waals surface area contributed by atoms with E-state index < -0.39 is 23.5 Å². The van der Waals surface area contributed by atoms with Crippen LogP contribution >= 0.6 is 0 Å². The van der Waals surface area contributed by atoms with Crippen LogP contribution in [0.25, 0.3) is 22.2 Å². The predicted molar refractivity (Wildman–Crippen MR) is 221 cm³/mol. The molecule has 0 radical (unpaired) electrons. The average Bonchev–Trinajstić information content (AvgIpc) is 3.87. The SMILES string of the molecule is CCn1c(-c2cc(N3CCN(C)CC3)cnc2[C@H](C)OC)c2c3cc(ccc31)C/C=C\C[C@H](NC(=O)[C@H]1C[C@@H]1C)C(=O)C1CCC[C@H](N1)C(=O)OCC(C)(C)C2. The smallest absolute Gasteiger partial charge is 0.323 e. The van der Waals surface area contributed by atoms with Crippen LogP contribution in [0.1, 0.15) is 89.6 Å². The molecule has 0 spiro atoms. The molecule has 2 saturated heterocycles. The Kier molecular flexibility index (Phi) is 12.1. The van der Waals surface area contributed by atoms with Crippen molar-refractivity contribution in [3.8, 4) is 11.3 Å². The number of carbonyl (C=O) groups is 3. The number of piperidine rings is 1. The maximum atomic E-state index is 14.0. The Morgan fingerprint density at radius 2 is 1.86 bits per heavy atom. The van der Waals surface area contributed by atoms with E-state index in [9.17, 15) is 14.4 Å². The van der Waals surface area contributed by atoms with Gasteiger partial charge in [0, 0.05) is 67.6 Å². The van der Waals surface area contributed by atoms with E-state index in [0.717, 1.165) is 79.3 Å². The van der Waals surface area contributed by atoms with Gasteiger partial charge in [-0.1, -0.05) is 39.0 Å². The molecule has 4 bridgehead atoms. The zero-order chi connectivity index (χ0) is 39.7. The van der Waals surface area contributed by atoms with Crippen LogP contribution in [0.4, 0.5) is 5.69 Å². The van der Waals surface area contributed by atoms with Crippen LogP contribution in [0.3, 0.4) is 0 Å². The van der Waals surface area contributed by atoms with Gasteiger partial charge in [0.15, 0.2) is 5.78 Å². The molecule has 302 valence electrons. The highest BCUT2D eigenvalue weighted by Crippen LogP contribution is 2.42. The number of ether oxygens (including phenoxy) is 2. The number of Topliss-reactive ketones (excluding diaryl/α,β-unsaturated/α-hetero) is 1. The van der Waals surface area contributed by atoms with Crippen LogP contribution in [0.15, 0.2) is 42.6 Å². The van der Waals surface area contributed by atoms with Gasteiger partial charge < -0.3 is 29.2 Å². The zero-order valence-electron chi connectivity index (χ0n) is 34.5. The van der Waals surface area contributed by atoms with E-state index in [-0.39, 0.29) is 36.3 Å². The van der Waals surface area contributed by atoms with Gasteiger partial charge in [-0.3, -0.25) is 24.7 Å². The number of pyridine rings is 1. The van der Waals surface area contributed by atoms with Gasteiger partial charge >= 0.3 is 5.97 Å². The monoisotopic (exact) mass is 766 g/mol. The van der Waals surface area contributed by atoms with Crippen LogP contribution in [0.5, 0.6) is 0 Å². The molecule has 2 N–H and O–H groups in total. The minimum atomic E-state index is -0.661. The number of allylic oxidation sites excluding steroid dienone is 1. The minimum Gasteiger partial charge on any atom is -0.464 e. The molecule has 6 atom stereocenters. The maximum absolute atomic E-state index is 14.0. The van der Waals surface area contributed by atoms with Crippen LogP contribution in [0, 0.1) is 17.3 Å². The summed E-state index contributed by atoms with van der Waals surface area (Å²) in [5.74, 6) is -0.149. The van der Waals surface area contributed by atoms with Crippen LogP contribution in [-0.2, 0) is 43.2 Å². The number of fused-ring (bicyclic) bond motifs is 3. The molecule has 1 aromatic carbocycles. The van der Waals surface area contributed by atoms with Gasteiger partial charge in [0.1, 0.15) is 6.04 Å². The molecule has 5 heterocycles. The summed E-state index contributed by atoms with van der Waals surface area (Å²) in [4.78, 5) is 50.7. The van der Waals surface area contributed by atoms with Crippen molar-refractivity contribution in [1.29, 1.82) is 0 Å². The van der Waals surface area contributed by atoms with Gasteiger partial charge in [0.2, 0.25) is 5.91 Å². The van der Waals surface area contributed by atoms with Crippen molar-refractivity contribution in [2.45, 2.75) is 110 Å². The van der Waals surface area contributed by atoms with E-state index in [1.165, 1.54) is 10.9 Å². The molecule has 1 saturated carbocycles. The van der Waals surface area contributed by atoms with E-state index in [0.29, 0.717) is 38.0 Å². The number of aromatic nitrogens is 2. The van der Waals surface area contributed by atoms with E-state index in [4.69, 9.17) is 14.5 Å². The number of piperazine rings is 1. The number of methoxy groups -OCH3 is 1. The van der Waals surface area contributed by atoms with Crippen LogP contribution in [0.2, 0.25) is 0 Å². The summed E-state index contributed by atoms with van der Waals surface area (Å²) in [5.41, 5.74) is 7.29. The second kappa shape index (κ2) is 16.8. The number of nitrogens with zero attached hydrogens (tertiary/aromatic N) is 4. The van der Waals surface area contributed by atoms with Gasteiger partial charge in [-0.2, -0.15) is 0 Å². The molecule has 2 aromatic heterocycles. The number of carbonyl (C=O) groups excluding carboxylic acids is 3. The Morgan fingerprint density at radius 1 is 1.11 bits per heavy atom. The zero-order valence-corrected chi connectivity index (χ0v) is 34.5. The van der Waals surface area contributed by atoms with Crippen LogP contribution in [-0.4, -0.2) is 97.2 Å². The van der Waals surface area contributed by atoms with Crippen LogP contribution < -0.4 is 15.5 Å². The molecule has 11 nitrogen and oxygen atoms in total. The molecular formula is C45H62N6O5. The highest BCUT2D eigenvalue weighted by atomic mass is 16.5. The number of cyclic esters (lactones) is 1. The lowest BCUT2D eigenvalue weighted by Crippen LogP contribution is -2.56. The second-order valence-corrected chi connectivity index (χ2v) is 17.6. The highest BCUT2D eigenvalue weighted by molar-refractivity contribution is 5.95. The summed E-state index contributed by atoms with van der Waals surface area (Å²) in [6.07, 6.45) is 10.5. The van der Waals surface area contributed by atoms with Gasteiger partial charge in [-0.05, 0) is 101 Å². The predicted octanol–water partition coefficient (Wildman–Crippen LogP) is 6.02. The Balaban J connectivity index is 1.31. The number of nitrogens with one attached hydrogen (secondary N) is 2. The lowest BCUT2D eigenvalue weighted by atomic mass is 9.84. The Hall–Kier alpha value is -4.06. The molecule has 3 aromatic rings. The quantitative estimate of drug-likeness (QED) is 0.220. The Labute approximate surface area is 332 Å². The van der Waals surface area contributed by atoms with E-state index >= 15 is 0 Å². The summed E-state index contributed by atoms with van der Waals surface area (Å²) >= 11 is 0. The lowest BCUT2D eigenvalue weighted by molar-refractivity contribution is -0.150. The first kappa shape index (κ1) is 40.1. The first-order valence-corrected chi connectivity index (χ1v) is 20.9. The largest absolute Gasteiger partial charge is 0.464 e. The molecule has 3 aliphatic heterocycles. The fraction of sp³-hybridized carbons (Fsp3) is 0.600. The minimum absolute atomic E-state index is 0.0368. The van der Waals surface area contributed by atoms with Crippen molar-refractivity contribution < 1.29 is 23.9 Å². The first-order chi connectivity index (χ1) is 26.9. The van der Waals surface area contributed by atoms with Gasteiger partial charge in [-0.15, -0.1) is 0 Å². The molecule has 1 aliphatic carbocycles. The number of ketones is 1. The third kappa shape index (κ3) is 8.60. The molecule has 1 unspecified atom stereocenters. The van der Waals surface area contributed by atoms with E-state index in [2.05, 4.69) is 97.0 Å².